The van der Waals surface area contributed by atoms with Crippen LogP contribution in [0.1, 0.15) is 31.0 Å². The third-order valence-corrected chi connectivity index (χ3v) is 3.84. The number of rotatable bonds is 5. The van der Waals surface area contributed by atoms with E-state index in [2.05, 4.69) is 37.2 Å². The Bertz CT molecular complexity index is 606. The van der Waals surface area contributed by atoms with Gasteiger partial charge in [-0.3, -0.25) is 0 Å². The van der Waals surface area contributed by atoms with Gasteiger partial charge in [0, 0.05) is 5.70 Å². The predicted molar refractivity (Wildman–Crippen MR) is 89.9 cm³/mol. The third kappa shape index (κ3) is 3.85. The van der Waals surface area contributed by atoms with Gasteiger partial charge in [0.25, 0.3) is 0 Å². The van der Waals surface area contributed by atoms with Gasteiger partial charge in [0.05, 0.1) is 12.2 Å². The van der Waals surface area contributed by atoms with Crippen LogP contribution in [0.3, 0.4) is 0 Å². The monoisotopic (exact) mass is 300 g/mol. The summed E-state index contributed by atoms with van der Waals surface area (Å²) in [6.45, 7) is 12.9. The predicted octanol–water partition coefficient (Wildman–Crippen LogP) is 5.17. The van der Waals surface area contributed by atoms with Gasteiger partial charge in [-0.15, -0.1) is 0 Å². The van der Waals surface area contributed by atoms with Crippen molar-refractivity contribution in [1.82, 2.24) is 9.88 Å². The van der Waals surface area contributed by atoms with Gasteiger partial charge in [0.1, 0.15) is 5.15 Å². The van der Waals surface area contributed by atoms with Crippen molar-refractivity contribution in [1.29, 1.82) is 0 Å². The van der Waals surface area contributed by atoms with Crippen molar-refractivity contribution < 1.29 is 0 Å². The first kappa shape index (κ1) is 15.6. The van der Waals surface area contributed by atoms with E-state index in [0.717, 1.165) is 29.8 Å². The lowest BCUT2D eigenvalue weighted by Crippen LogP contribution is -2.18. The molecule has 1 aliphatic carbocycles. The normalized spacial score (nSPS) is 14.2. The zero-order valence-electron chi connectivity index (χ0n) is 12.7. The van der Waals surface area contributed by atoms with Crippen molar-refractivity contribution in [2.75, 3.05) is 0 Å². The van der Waals surface area contributed by atoms with E-state index in [1.807, 2.05) is 24.0 Å². The standard InChI is InChI=1S/C18H21ClN2/c1-5-21(12-16-10-13(2)11-18(19)20-16)15(4)17-9-7-6-8-14(17)3/h5-6,8,10-11H,1,4,7,9,12H2,2-3H3. The molecule has 0 spiro atoms. The number of hydrogen-bond donors (Lipinski definition) is 0. The maximum atomic E-state index is 6.03. The number of aromatic nitrogens is 1. The van der Waals surface area contributed by atoms with Crippen LogP contribution in [0.15, 0.2) is 60.5 Å². The van der Waals surface area contributed by atoms with E-state index in [4.69, 9.17) is 11.6 Å². The molecule has 0 bridgehead atoms. The number of aryl methyl sites for hydroxylation is 1. The van der Waals surface area contributed by atoms with Crippen LogP contribution in [0, 0.1) is 6.92 Å². The first-order valence-corrected chi connectivity index (χ1v) is 7.47. The Hall–Kier alpha value is -1.80. The van der Waals surface area contributed by atoms with Gasteiger partial charge >= 0.3 is 0 Å². The Morgan fingerprint density at radius 2 is 2.19 bits per heavy atom. The molecule has 0 unspecified atom stereocenters. The molecule has 1 aliphatic rings. The summed E-state index contributed by atoms with van der Waals surface area (Å²) in [6, 6.07) is 3.90. The van der Waals surface area contributed by atoms with Crippen molar-refractivity contribution in [3.8, 4) is 0 Å². The Morgan fingerprint density at radius 3 is 2.81 bits per heavy atom. The SMILES string of the molecule is C=CN(Cc1cc(C)cc(Cl)n1)C(=C)C1=C(C)C=CCC1. The number of hydrogen-bond acceptors (Lipinski definition) is 2. The van der Waals surface area contributed by atoms with E-state index in [1.165, 1.54) is 11.1 Å². The van der Waals surface area contributed by atoms with Gasteiger partial charge in [-0.2, -0.15) is 0 Å². The first-order chi connectivity index (χ1) is 10.0. The lowest BCUT2D eigenvalue weighted by atomic mass is 9.96. The molecule has 0 saturated carbocycles. The second-order valence-electron chi connectivity index (χ2n) is 5.32. The zero-order chi connectivity index (χ0) is 15.4. The molecule has 0 fully saturated rings. The first-order valence-electron chi connectivity index (χ1n) is 7.09. The summed E-state index contributed by atoms with van der Waals surface area (Å²) in [7, 11) is 0. The quantitative estimate of drug-likeness (QED) is 0.697. The highest BCUT2D eigenvalue weighted by Gasteiger charge is 2.14. The van der Waals surface area contributed by atoms with Crippen LogP contribution in [0.5, 0.6) is 0 Å². The molecular weight excluding hydrogens is 280 g/mol. The van der Waals surface area contributed by atoms with E-state index >= 15 is 0 Å². The average molecular weight is 301 g/mol. The Balaban J connectivity index is 2.22. The van der Waals surface area contributed by atoms with Crippen molar-refractivity contribution >= 4 is 11.6 Å². The molecule has 1 aromatic heterocycles. The van der Waals surface area contributed by atoms with Gasteiger partial charge < -0.3 is 4.90 Å². The van der Waals surface area contributed by atoms with E-state index in [9.17, 15) is 0 Å². The Morgan fingerprint density at radius 1 is 1.43 bits per heavy atom. The largest absolute Gasteiger partial charge is 0.343 e. The van der Waals surface area contributed by atoms with Crippen molar-refractivity contribution in [2.45, 2.75) is 33.2 Å². The van der Waals surface area contributed by atoms with Gasteiger partial charge in [0.2, 0.25) is 0 Å². The molecule has 0 amide bonds. The molecule has 1 heterocycles. The van der Waals surface area contributed by atoms with Gasteiger partial charge in [-0.1, -0.05) is 36.9 Å². The summed E-state index contributed by atoms with van der Waals surface area (Å²) < 4.78 is 0. The maximum absolute atomic E-state index is 6.03. The Labute approximate surface area is 132 Å². The fraction of sp³-hybridized carbons (Fsp3) is 0.278. The second-order valence-corrected chi connectivity index (χ2v) is 5.71. The zero-order valence-corrected chi connectivity index (χ0v) is 13.5. The molecule has 2 nitrogen and oxygen atoms in total. The van der Waals surface area contributed by atoms with Crippen molar-refractivity contribution in [2.24, 2.45) is 0 Å². The van der Waals surface area contributed by atoms with Crippen LogP contribution in [0.4, 0.5) is 0 Å². The molecule has 0 radical (unpaired) electrons. The molecule has 0 saturated heterocycles. The topological polar surface area (TPSA) is 16.1 Å². The van der Waals surface area contributed by atoms with Crippen LogP contribution in [-0.4, -0.2) is 9.88 Å². The second kappa shape index (κ2) is 6.77. The van der Waals surface area contributed by atoms with E-state index < -0.39 is 0 Å². The third-order valence-electron chi connectivity index (χ3n) is 3.64. The van der Waals surface area contributed by atoms with Gasteiger partial charge in [-0.25, -0.2) is 4.98 Å². The van der Waals surface area contributed by atoms with Gasteiger partial charge in [-0.05, 0) is 61.7 Å². The minimum atomic E-state index is 0.524. The van der Waals surface area contributed by atoms with Crippen LogP contribution in [-0.2, 0) is 6.54 Å². The summed E-state index contributed by atoms with van der Waals surface area (Å²) in [5, 5.41) is 0.524. The van der Waals surface area contributed by atoms with Crippen LogP contribution >= 0.6 is 11.6 Å². The van der Waals surface area contributed by atoms with Crippen LogP contribution in [0.2, 0.25) is 5.15 Å². The van der Waals surface area contributed by atoms with E-state index in [1.54, 1.807) is 6.20 Å². The molecular formula is C18H21ClN2. The summed E-state index contributed by atoms with van der Waals surface area (Å²) in [5.74, 6) is 0. The van der Waals surface area contributed by atoms with E-state index in [-0.39, 0.29) is 0 Å². The number of pyridine rings is 1. The molecule has 21 heavy (non-hydrogen) atoms. The summed E-state index contributed by atoms with van der Waals surface area (Å²) in [5.41, 5.74) is 5.58. The van der Waals surface area contributed by atoms with Crippen LogP contribution in [0.25, 0.3) is 0 Å². The molecule has 0 atom stereocenters. The molecule has 0 aliphatic heterocycles. The summed E-state index contributed by atoms with van der Waals surface area (Å²) >= 11 is 6.03. The molecule has 110 valence electrons. The van der Waals surface area contributed by atoms with Crippen LogP contribution < -0.4 is 0 Å². The molecule has 0 N–H and O–H groups in total. The average Bonchev–Trinajstić information content (AvgIpc) is 2.43. The highest BCUT2D eigenvalue weighted by Crippen LogP contribution is 2.27. The highest BCUT2D eigenvalue weighted by molar-refractivity contribution is 6.29. The highest BCUT2D eigenvalue weighted by atomic mass is 35.5. The molecule has 1 aromatic rings. The fourth-order valence-corrected chi connectivity index (χ4v) is 2.83. The van der Waals surface area contributed by atoms with Crippen molar-refractivity contribution in [3.05, 3.63) is 76.9 Å². The lowest BCUT2D eigenvalue weighted by molar-refractivity contribution is 0.458. The smallest absolute Gasteiger partial charge is 0.129 e. The minimum Gasteiger partial charge on any atom is -0.343 e. The van der Waals surface area contributed by atoms with Crippen molar-refractivity contribution in [3.63, 3.8) is 0 Å². The van der Waals surface area contributed by atoms with Gasteiger partial charge in [0.15, 0.2) is 0 Å². The number of nitrogens with zero attached hydrogens (tertiary/aromatic N) is 2. The lowest BCUT2D eigenvalue weighted by Gasteiger charge is -2.26. The Kier molecular flexibility index (Phi) is 5.03. The molecule has 0 aromatic carbocycles. The van der Waals surface area contributed by atoms with E-state index in [0.29, 0.717) is 11.7 Å². The molecule has 2 rings (SSSR count). The number of halogens is 1. The number of allylic oxidation sites excluding steroid dienone is 4. The maximum Gasteiger partial charge on any atom is 0.129 e. The summed E-state index contributed by atoms with van der Waals surface area (Å²) in [4.78, 5) is 6.41. The fourth-order valence-electron chi connectivity index (χ4n) is 2.55. The molecule has 3 heteroatoms. The minimum absolute atomic E-state index is 0.524. The summed E-state index contributed by atoms with van der Waals surface area (Å²) in [6.07, 6.45) is 8.25.